The Bertz CT molecular complexity index is 2840. The lowest BCUT2D eigenvalue weighted by atomic mass is 9.89. The maximum atomic E-state index is 4.93. The Kier molecular flexibility index (Phi) is 6.49. The molecule has 0 atom stereocenters. The molecule has 0 fully saturated rings. The third kappa shape index (κ3) is 4.63. The van der Waals surface area contributed by atoms with Crippen LogP contribution in [0.25, 0.3) is 99.2 Å². The zero-order valence-electron chi connectivity index (χ0n) is 27.1. The highest BCUT2D eigenvalue weighted by molar-refractivity contribution is 6.32. The summed E-state index contributed by atoms with van der Waals surface area (Å²) in [6, 6.07) is 62.5. The van der Waals surface area contributed by atoms with Crippen LogP contribution in [0.15, 0.2) is 176 Å². The SMILES string of the molecule is c1ccc(-c2nc(-c3ccccc3)nc(-c3ccc(-c4ccc5c(c4)c4ccccc4c4cccc6ccc7cccc5c7c64)cc3)n2)cc1. The van der Waals surface area contributed by atoms with E-state index in [1.165, 1.54) is 53.9 Å². The van der Waals surface area contributed by atoms with E-state index in [2.05, 4.69) is 115 Å². The normalized spacial score (nSPS) is 11.6. The van der Waals surface area contributed by atoms with Crippen LogP contribution in [0.4, 0.5) is 0 Å². The van der Waals surface area contributed by atoms with E-state index in [9.17, 15) is 0 Å². The number of nitrogens with zero attached hydrogens (tertiary/aromatic N) is 3. The van der Waals surface area contributed by atoms with Crippen molar-refractivity contribution in [1.29, 1.82) is 0 Å². The van der Waals surface area contributed by atoms with Gasteiger partial charge in [0.25, 0.3) is 0 Å². The summed E-state index contributed by atoms with van der Waals surface area (Å²) in [5.74, 6) is 1.97. The third-order valence-corrected chi connectivity index (χ3v) is 9.88. The van der Waals surface area contributed by atoms with E-state index in [1.807, 2.05) is 60.7 Å². The number of fused-ring (bicyclic) bond motifs is 5. The minimum Gasteiger partial charge on any atom is -0.208 e. The van der Waals surface area contributed by atoms with Crippen LogP contribution in [0.1, 0.15) is 0 Å². The largest absolute Gasteiger partial charge is 0.208 e. The van der Waals surface area contributed by atoms with Gasteiger partial charge in [0.15, 0.2) is 17.5 Å². The average Bonchev–Trinajstić information content (AvgIpc) is 3.20. The van der Waals surface area contributed by atoms with Gasteiger partial charge < -0.3 is 0 Å². The van der Waals surface area contributed by atoms with Gasteiger partial charge in [-0.1, -0.05) is 170 Å². The lowest BCUT2D eigenvalue weighted by molar-refractivity contribution is 1.07. The second-order valence-electron chi connectivity index (χ2n) is 12.8. The molecule has 3 nitrogen and oxygen atoms in total. The number of hydrogen-bond donors (Lipinski definition) is 0. The van der Waals surface area contributed by atoms with Crippen LogP contribution in [0.2, 0.25) is 0 Å². The highest BCUT2D eigenvalue weighted by Crippen LogP contribution is 2.41. The van der Waals surface area contributed by atoms with Gasteiger partial charge in [0, 0.05) is 16.7 Å². The number of benzene rings is 8. The van der Waals surface area contributed by atoms with E-state index in [0.717, 1.165) is 27.8 Å². The molecule has 0 radical (unpaired) electrons. The Morgan fingerprint density at radius 2 is 0.640 bits per heavy atom. The molecule has 1 aromatic heterocycles. The molecule has 0 amide bonds. The quantitative estimate of drug-likeness (QED) is 0.181. The van der Waals surface area contributed by atoms with Crippen LogP contribution in [0.5, 0.6) is 0 Å². The van der Waals surface area contributed by atoms with Crippen molar-refractivity contribution in [2.45, 2.75) is 0 Å². The molecule has 0 aliphatic rings. The Morgan fingerprint density at radius 3 is 1.18 bits per heavy atom. The Balaban J connectivity index is 1.15. The van der Waals surface area contributed by atoms with E-state index in [-0.39, 0.29) is 0 Å². The van der Waals surface area contributed by atoms with Gasteiger partial charge in [-0.3, -0.25) is 0 Å². The zero-order chi connectivity index (χ0) is 33.0. The fourth-order valence-electron chi connectivity index (χ4n) is 7.49. The second kappa shape index (κ2) is 11.5. The van der Waals surface area contributed by atoms with Crippen molar-refractivity contribution in [3.8, 4) is 45.3 Å². The lowest BCUT2D eigenvalue weighted by Crippen LogP contribution is -2.00. The molecule has 9 aromatic carbocycles. The van der Waals surface area contributed by atoms with Crippen LogP contribution in [-0.2, 0) is 0 Å². The molecule has 232 valence electrons. The van der Waals surface area contributed by atoms with Gasteiger partial charge in [-0.15, -0.1) is 0 Å². The molecular weight excluding hydrogens is 607 g/mol. The standard InChI is InChI=1S/C47H29N3/c1-3-11-33(12-4-1)45-48-46(34-13-5-2-6-14-34)50-47(49-45)35-25-21-30(22-26-35)36-27-28-39-41-20-10-16-32-24-23-31-15-9-19-40(43(31)44(32)41)37-17-7-8-18-38(37)42(39)29-36/h1-29H. The van der Waals surface area contributed by atoms with Crippen molar-refractivity contribution in [3.63, 3.8) is 0 Å². The monoisotopic (exact) mass is 635 g/mol. The van der Waals surface area contributed by atoms with Crippen LogP contribution in [0.3, 0.4) is 0 Å². The zero-order valence-corrected chi connectivity index (χ0v) is 27.1. The summed E-state index contributed by atoms with van der Waals surface area (Å²) >= 11 is 0. The first kappa shape index (κ1) is 28.3. The van der Waals surface area contributed by atoms with Crippen molar-refractivity contribution >= 4 is 53.9 Å². The average molecular weight is 636 g/mol. The van der Waals surface area contributed by atoms with Crippen molar-refractivity contribution in [2.24, 2.45) is 0 Å². The van der Waals surface area contributed by atoms with Gasteiger partial charge in [-0.05, 0) is 71.1 Å². The van der Waals surface area contributed by atoms with E-state index in [0.29, 0.717) is 17.5 Å². The molecular formula is C47H29N3. The van der Waals surface area contributed by atoms with Gasteiger partial charge in [-0.25, -0.2) is 15.0 Å². The molecule has 0 aliphatic heterocycles. The summed E-state index contributed by atoms with van der Waals surface area (Å²) < 4.78 is 0. The van der Waals surface area contributed by atoms with Crippen molar-refractivity contribution < 1.29 is 0 Å². The topological polar surface area (TPSA) is 38.7 Å². The molecule has 10 rings (SSSR count). The second-order valence-corrected chi connectivity index (χ2v) is 12.8. The summed E-state index contributed by atoms with van der Waals surface area (Å²) in [7, 11) is 0. The predicted octanol–water partition coefficient (Wildman–Crippen LogP) is 12.3. The van der Waals surface area contributed by atoms with Gasteiger partial charge in [0.05, 0.1) is 0 Å². The molecule has 0 N–H and O–H groups in total. The van der Waals surface area contributed by atoms with Gasteiger partial charge in [0.1, 0.15) is 0 Å². The molecule has 0 saturated carbocycles. The Hall–Kier alpha value is -6.71. The summed E-state index contributed by atoms with van der Waals surface area (Å²) in [4.78, 5) is 14.7. The fraction of sp³-hybridized carbons (Fsp3) is 0. The molecule has 0 saturated heterocycles. The maximum Gasteiger partial charge on any atom is 0.164 e. The van der Waals surface area contributed by atoms with Gasteiger partial charge >= 0.3 is 0 Å². The molecule has 50 heavy (non-hydrogen) atoms. The highest BCUT2D eigenvalue weighted by atomic mass is 15.0. The molecule has 0 unspecified atom stereocenters. The van der Waals surface area contributed by atoms with Gasteiger partial charge in [0.2, 0.25) is 0 Å². The number of aromatic nitrogens is 3. The maximum absolute atomic E-state index is 4.93. The first-order valence-electron chi connectivity index (χ1n) is 16.9. The summed E-state index contributed by atoms with van der Waals surface area (Å²) in [6.07, 6.45) is 0. The lowest BCUT2D eigenvalue weighted by Gasteiger charge is -2.14. The first-order chi connectivity index (χ1) is 24.8. The van der Waals surface area contributed by atoms with Crippen LogP contribution in [-0.4, -0.2) is 15.0 Å². The Labute approximate surface area is 289 Å². The summed E-state index contributed by atoms with van der Waals surface area (Å²) in [6.45, 7) is 0. The minimum atomic E-state index is 0.650. The highest BCUT2D eigenvalue weighted by Gasteiger charge is 2.15. The van der Waals surface area contributed by atoms with E-state index < -0.39 is 0 Å². The molecule has 0 aliphatic carbocycles. The molecule has 0 spiro atoms. The smallest absolute Gasteiger partial charge is 0.164 e. The number of rotatable bonds is 4. The predicted molar refractivity (Wildman–Crippen MR) is 209 cm³/mol. The van der Waals surface area contributed by atoms with Crippen molar-refractivity contribution in [2.75, 3.05) is 0 Å². The van der Waals surface area contributed by atoms with E-state index in [4.69, 9.17) is 15.0 Å². The number of hydrogen-bond acceptors (Lipinski definition) is 3. The summed E-state index contributed by atoms with van der Waals surface area (Å²) in [5, 5.41) is 12.7. The van der Waals surface area contributed by atoms with Crippen LogP contribution < -0.4 is 0 Å². The molecule has 0 bridgehead atoms. The summed E-state index contributed by atoms with van der Waals surface area (Å²) in [5.41, 5.74) is 5.16. The Morgan fingerprint density at radius 1 is 0.240 bits per heavy atom. The molecule has 1 heterocycles. The van der Waals surface area contributed by atoms with Crippen molar-refractivity contribution in [1.82, 2.24) is 15.0 Å². The van der Waals surface area contributed by atoms with Crippen molar-refractivity contribution in [3.05, 3.63) is 176 Å². The molecule has 3 heteroatoms. The first-order valence-corrected chi connectivity index (χ1v) is 16.9. The minimum absolute atomic E-state index is 0.650. The third-order valence-electron chi connectivity index (χ3n) is 9.88. The van der Waals surface area contributed by atoms with Crippen LogP contribution in [0, 0.1) is 0 Å². The van der Waals surface area contributed by atoms with E-state index >= 15 is 0 Å². The fourth-order valence-corrected chi connectivity index (χ4v) is 7.49. The van der Waals surface area contributed by atoms with E-state index in [1.54, 1.807) is 0 Å². The van der Waals surface area contributed by atoms with Gasteiger partial charge in [-0.2, -0.15) is 0 Å². The van der Waals surface area contributed by atoms with Crippen LogP contribution >= 0.6 is 0 Å². The molecule has 10 aromatic rings.